The van der Waals surface area contributed by atoms with Gasteiger partial charge in [0.05, 0.1) is 19.7 Å². The van der Waals surface area contributed by atoms with Gasteiger partial charge in [-0.3, -0.25) is 0 Å². The number of likely N-dealkylation sites (tertiary alicyclic amines) is 1. The third-order valence-corrected chi connectivity index (χ3v) is 5.03. The van der Waals surface area contributed by atoms with Gasteiger partial charge in [-0.25, -0.2) is 18.4 Å². The van der Waals surface area contributed by atoms with Crippen molar-refractivity contribution < 1.29 is 37.0 Å². The van der Waals surface area contributed by atoms with Crippen molar-refractivity contribution in [3.63, 3.8) is 0 Å². The van der Waals surface area contributed by atoms with Gasteiger partial charge in [-0.1, -0.05) is 0 Å². The molecular formula is C17H17F3N2O5. The lowest BCUT2D eigenvalue weighted by molar-refractivity contribution is -0.0360. The van der Waals surface area contributed by atoms with Gasteiger partial charge in [-0.05, 0) is 30.9 Å². The largest absolute Gasteiger partial charge is 0.490 e. The first-order chi connectivity index (χ1) is 12.8. The normalized spacial score (nSPS) is 25.3. The molecule has 146 valence electrons. The number of ether oxygens (including phenoxy) is 3. The molecule has 27 heavy (non-hydrogen) atoms. The molecule has 2 aliphatic heterocycles. The zero-order chi connectivity index (χ0) is 19.2. The first kappa shape index (κ1) is 17.7. The monoisotopic (exact) mass is 386 g/mol. The van der Waals surface area contributed by atoms with Crippen molar-refractivity contribution in [1.82, 2.24) is 10.2 Å². The van der Waals surface area contributed by atoms with Gasteiger partial charge >= 0.3 is 12.2 Å². The van der Waals surface area contributed by atoms with E-state index in [0.29, 0.717) is 25.9 Å². The van der Waals surface area contributed by atoms with Crippen LogP contribution in [0.1, 0.15) is 12.8 Å². The molecule has 2 amide bonds. The number of rotatable bonds is 4. The van der Waals surface area contributed by atoms with Gasteiger partial charge in [0.15, 0.2) is 17.4 Å². The van der Waals surface area contributed by atoms with Crippen LogP contribution in [0.2, 0.25) is 0 Å². The molecule has 0 aromatic heterocycles. The smallest absolute Gasteiger partial charge is 0.410 e. The van der Waals surface area contributed by atoms with Crippen LogP contribution in [0.3, 0.4) is 0 Å². The lowest BCUT2D eigenvalue weighted by atomic mass is 9.83. The standard InChI is InChI=1S/C17H17F3N2O5/c18-11-1-2-12(14(20)13(11)19)25-5-9-3-10(4-9)27-16(24)22-6-17(7-22)8-26-15(23)21-17/h1-2,9-10H,3-8H2,(H,21,23). The Labute approximate surface area is 152 Å². The number of halogens is 3. The molecule has 3 fully saturated rings. The van der Waals surface area contributed by atoms with Crippen molar-refractivity contribution in [3.8, 4) is 5.75 Å². The Hall–Kier alpha value is -2.65. The van der Waals surface area contributed by atoms with Crippen LogP contribution >= 0.6 is 0 Å². The van der Waals surface area contributed by atoms with E-state index in [9.17, 15) is 22.8 Å². The number of nitrogens with zero attached hydrogens (tertiary/aromatic N) is 1. The number of hydrogen-bond acceptors (Lipinski definition) is 5. The number of alkyl carbamates (subject to hydrolysis) is 1. The number of benzene rings is 1. The molecule has 0 bridgehead atoms. The molecule has 1 aromatic carbocycles. The number of carbonyl (C=O) groups excluding carboxylic acids is 2. The maximum atomic E-state index is 13.5. The van der Waals surface area contributed by atoms with Crippen molar-refractivity contribution >= 4 is 12.2 Å². The average Bonchev–Trinajstić information content (AvgIpc) is 2.97. The summed E-state index contributed by atoms with van der Waals surface area (Å²) in [5.74, 6) is -4.51. The summed E-state index contributed by atoms with van der Waals surface area (Å²) in [5, 5.41) is 2.68. The van der Waals surface area contributed by atoms with E-state index in [1.807, 2.05) is 0 Å². The molecule has 0 unspecified atom stereocenters. The van der Waals surface area contributed by atoms with Crippen LogP contribution in [0.25, 0.3) is 0 Å². The molecule has 0 atom stereocenters. The molecule has 3 aliphatic rings. The van der Waals surface area contributed by atoms with Gasteiger partial charge in [0.2, 0.25) is 5.82 Å². The van der Waals surface area contributed by atoms with Crippen molar-refractivity contribution in [2.45, 2.75) is 24.5 Å². The number of nitrogens with one attached hydrogen (secondary N) is 1. The Morgan fingerprint density at radius 3 is 2.67 bits per heavy atom. The van der Waals surface area contributed by atoms with Gasteiger partial charge in [-0.2, -0.15) is 4.39 Å². The fourth-order valence-corrected chi connectivity index (χ4v) is 3.43. The maximum Gasteiger partial charge on any atom is 0.410 e. The van der Waals surface area contributed by atoms with E-state index >= 15 is 0 Å². The Balaban J connectivity index is 1.17. The van der Waals surface area contributed by atoms with Crippen LogP contribution in [0.5, 0.6) is 5.75 Å². The Bertz CT molecular complexity index is 778. The molecule has 1 saturated carbocycles. The highest BCUT2D eigenvalue weighted by atomic mass is 19.2. The van der Waals surface area contributed by atoms with Gasteiger partial charge in [-0.15, -0.1) is 0 Å². The molecule has 1 aromatic rings. The molecule has 4 rings (SSSR count). The van der Waals surface area contributed by atoms with Crippen LogP contribution in [0, 0.1) is 23.4 Å². The topological polar surface area (TPSA) is 77.1 Å². The highest BCUT2D eigenvalue weighted by Gasteiger charge is 2.52. The highest BCUT2D eigenvalue weighted by Crippen LogP contribution is 2.33. The van der Waals surface area contributed by atoms with E-state index in [1.165, 1.54) is 4.90 Å². The zero-order valence-electron chi connectivity index (χ0n) is 14.2. The van der Waals surface area contributed by atoms with Crippen molar-refractivity contribution in [2.75, 3.05) is 26.3 Å². The van der Waals surface area contributed by atoms with Gasteiger partial charge in [0.1, 0.15) is 18.2 Å². The van der Waals surface area contributed by atoms with Crippen molar-refractivity contribution in [1.29, 1.82) is 0 Å². The number of carbonyl (C=O) groups is 2. The lowest BCUT2D eigenvalue weighted by Crippen LogP contribution is -2.70. The van der Waals surface area contributed by atoms with E-state index in [-0.39, 0.29) is 31.0 Å². The van der Waals surface area contributed by atoms with Gasteiger partial charge in [0, 0.05) is 0 Å². The van der Waals surface area contributed by atoms with Crippen LogP contribution in [-0.4, -0.2) is 55.0 Å². The first-order valence-corrected chi connectivity index (χ1v) is 8.52. The van der Waals surface area contributed by atoms with E-state index in [1.54, 1.807) is 0 Å². The van der Waals surface area contributed by atoms with Crippen LogP contribution in [0.4, 0.5) is 22.8 Å². The second-order valence-electron chi connectivity index (χ2n) is 7.17. The van der Waals surface area contributed by atoms with E-state index in [4.69, 9.17) is 14.2 Å². The van der Waals surface area contributed by atoms with Crippen molar-refractivity contribution in [2.24, 2.45) is 5.92 Å². The van der Waals surface area contributed by atoms with E-state index in [0.717, 1.165) is 12.1 Å². The minimum absolute atomic E-state index is 0.0283. The molecule has 1 N–H and O–H groups in total. The van der Waals surface area contributed by atoms with Crippen LogP contribution in [-0.2, 0) is 9.47 Å². The fourth-order valence-electron chi connectivity index (χ4n) is 3.43. The molecule has 7 nitrogen and oxygen atoms in total. The first-order valence-electron chi connectivity index (χ1n) is 8.52. The summed E-state index contributed by atoms with van der Waals surface area (Å²) < 4.78 is 54.9. The molecule has 1 spiro atoms. The third kappa shape index (κ3) is 3.35. The highest BCUT2D eigenvalue weighted by molar-refractivity contribution is 5.74. The van der Waals surface area contributed by atoms with Crippen molar-refractivity contribution in [3.05, 3.63) is 29.6 Å². The minimum atomic E-state index is -1.57. The van der Waals surface area contributed by atoms with E-state index in [2.05, 4.69) is 5.32 Å². The molecule has 2 saturated heterocycles. The third-order valence-electron chi connectivity index (χ3n) is 5.03. The quantitative estimate of drug-likeness (QED) is 0.803. The summed E-state index contributed by atoms with van der Waals surface area (Å²) in [7, 11) is 0. The molecule has 10 heteroatoms. The summed E-state index contributed by atoms with van der Waals surface area (Å²) >= 11 is 0. The zero-order valence-corrected chi connectivity index (χ0v) is 14.2. The Morgan fingerprint density at radius 2 is 2.00 bits per heavy atom. The fraction of sp³-hybridized carbons (Fsp3) is 0.529. The summed E-state index contributed by atoms with van der Waals surface area (Å²) in [6.07, 6.45) is -0.141. The number of amides is 2. The van der Waals surface area contributed by atoms with Crippen LogP contribution < -0.4 is 10.1 Å². The summed E-state index contributed by atoms with van der Waals surface area (Å²) in [5.41, 5.74) is -0.499. The second kappa shape index (κ2) is 6.50. The SMILES string of the molecule is O=C1NC2(CO1)CN(C(=O)OC1CC(COc3ccc(F)c(F)c3F)C1)C2. The van der Waals surface area contributed by atoms with Gasteiger partial charge < -0.3 is 24.4 Å². The predicted octanol–water partition coefficient (Wildman–Crippen LogP) is 2.19. The molecule has 2 heterocycles. The minimum Gasteiger partial charge on any atom is -0.490 e. The Morgan fingerprint density at radius 1 is 1.26 bits per heavy atom. The summed E-state index contributed by atoms with van der Waals surface area (Å²) in [4.78, 5) is 24.6. The predicted molar refractivity (Wildman–Crippen MR) is 83.6 cm³/mol. The van der Waals surface area contributed by atoms with Gasteiger partial charge in [0.25, 0.3) is 0 Å². The lowest BCUT2D eigenvalue weighted by Gasteiger charge is -2.46. The number of hydrogen-bond donors (Lipinski definition) is 1. The summed E-state index contributed by atoms with van der Waals surface area (Å²) in [6.45, 7) is 1.03. The summed E-state index contributed by atoms with van der Waals surface area (Å²) in [6, 6.07) is 1.84. The number of cyclic esters (lactones) is 1. The second-order valence-corrected chi connectivity index (χ2v) is 7.17. The van der Waals surface area contributed by atoms with Crippen LogP contribution in [0.15, 0.2) is 12.1 Å². The molecule has 1 aliphatic carbocycles. The molecular weight excluding hydrogens is 369 g/mol. The maximum absolute atomic E-state index is 13.5. The Kier molecular flexibility index (Phi) is 4.27. The molecule has 0 radical (unpaired) electrons. The van der Waals surface area contributed by atoms with E-state index < -0.39 is 35.2 Å². The average molecular weight is 386 g/mol.